The molecule has 0 aliphatic heterocycles. The number of thiophene rings is 1. The zero-order valence-electron chi connectivity index (χ0n) is 32.2. The molecule has 0 bridgehead atoms. The second kappa shape index (κ2) is 13.4. The van der Waals surface area contributed by atoms with E-state index >= 15 is 0 Å². The van der Waals surface area contributed by atoms with E-state index in [0.29, 0.717) is 0 Å². The minimum Gasteiger partial charge on any atom is -0.310 e. The number of anilines is 3. The minimum atomic E-state index is -0.461. The largest absolute Gasteiger partial charge is 0.310 e. The van der Waals surface area contributed by atoms with E-state index in [4.69, 9.17) is 0 Å². The first kappa shape index (κ1) is 33.8. The van der Waals surface area contributed by atoms with E-state index in [0.717, 1.165) is 17.1 Å². The van der Waals surface area contributed by atoms with Crippen molar-refractivity contribution >= 4 is 70.1 Å². The van der Waals surface area contributed by atoms with Crippen molar-refractivity contribution in [2.75, 3.05) is 4.90 Å². The molecule has 1 nitrogen and oxygen atoms in total. The Morgan fingerprint density at radius 1 is 0.373 bits per heavy atom. The number of nitrogens with zero attached hydrogens (tertiary/aromatic N) is 1. The van der Waals surface area contributed by atoms with E-state index in [1.54, 1.807) is 0 Å². The molecule has 59 heavy (non-hydrogen) atoms. The van der Waals surface area contributed by atoms with Crippen LogP contribution >= 0.6 is 11.3 Å². The lowest BCUT2D eigenvalue weighted by molar-refractivity contribution is 0.768. The van der Waals surface area contributed by atoms with E-state index in [9.17, 15) is 0 Å². The Balaban J connectivity index is 1.11. The zero-order chi connectivity index (χ0) is 38.9. The molecule has 1 heterocycles. The highest BCUT2D eigenvalue weighted by Crippen LogP contribution is 2.56. The topological polar surface area (TPSA) is 3.24 Å². The Labute approximate surface area is 347 Å². The van der Waals surface area contributed by atoms with Gasteiger partial charge in [0, 0.05) is 42.3 Å². The van der Waals surface area contributed by atoms with Gasteiger partial charge in [-0.15, -0.1) is 11.3 Å². The predicted octanol–water partition coefficient (Wildman–Crippen LogP) is 15.9. The van der Waals surface area contributed by atoms with Gasteiger partial charge in [-0.2, -0.15) is 0 Å². The summed E-state index contributed by atoms with van der Waals surface area (Å²) < 4.78 is 2.65. The SMILES string of the molecule is c1ccc(-c2ccc(N(c3ccc(C4(c5ccccc5)c5ccccc5-c5ccccc54)cc3)c3cc4ccccc4c4c3ccc3c5ccccc5sc34)cc2)cc1. The predicted molar refractivity (Wildman–Crippen MR) is 252 cm³/mol. The van der Waals surface area contributed by atoms with Crippen LogP contribution in [-0.2, 0) is 5.41 Å². The van der Waals surface area contributed by atoms with Crippen molar-refractivity contribution in [1.29, 1.82) is 0 Å². The van der Waals surface area contributed by atoms with Crippen LogP contribution in [0.2, 0.25) is 0 Å². The fourth-order valence-corrected chi connectivity index (χ4v) is 11.2. The van der Waals surface area contributed by atoms with Crippen molar-refractivity contribution in [3.63, 3.8) is 0 Å². The standard InChI is InChI=1S/C57H37NS/c1-3-15-38(16-4-1)39-27-31-43(32-28-39)58(53-37-40-17-7-8-20-45(40)55-50(53)36-35-49-48-23-11-14-26-54(48)59-56(49)55)44-33-29-42(30-34-44)57(41-18-5-2-6-19-41)51-24-12-9-21-46(51)47-22-10-13-25-52(47)57/h1-37H. The molecule has 2 heteroatoms. The van der Waals surface area contributed by atoms with Gasteiger partial charge < -0.3 is 4.90 Å². The summed E-state index contributed by atoms with van der Waals surface area (Å²) >= 11 is 1.90. The van der Waals surface area contributed by atoms with E-state index in [-0.39, 0.29) is 0 Å². The van der Waals surface area contributed by atoms with Gasteiger partial charge in [-0.05, 0) is 91.7 Å². The molecule has 0 unspecified atom stereocenters. The molecule has 0 amide bonds. The molecule has 0 radical (unpaired) electrons. The van der Waals surface area contributed by atoms with Crippen molar-refractivity contribution in [2.24, 2.45) is 0 Å². The molecule has 0 fully saturated rings. The van der Waals surface area contributed by atoms with Crippen LogP contribution in [0.4, 0.5) is 17.1 Å². The maximum atomic E-state index is 2.47. The van der Waals surface area contributed by atoms with Crippen LogP contribution in [-0.4, -0.2) is 0 Å². The fourth-order valence-electron chi connectivity index (χ4n) is 9.96. The summed E-state index contributed by atoms with van der Waals surface area (Å²) in [6.07, 6.45) is 0. The minimum absolute atomic E-state index is 0.461. The Morgan fingerprint density at radius 3 is 1.61 bits per heavy atom. The Bertz CT molecular complexity index is 3320. The van der Waals surface area contributed by atoms with E-state index < -0.39 is 5.41 Å². The van der Waals surface area contributed by atoms with E-state index in [2.05, 4.69) is 229 Å². The van der Waals surface area contributed by atoms with Crippen molar-refractivity contribution in [3.8, 4) is 22.3 Å². The summed E-state index contributed by atoms with van der Waals surface area (Å²) in [5.41, 5.74) is 13.1. The number of hydrogen-bond acceptors (Lipinski definition) is 2. The van der Waals surface area contributed by atoms with Gasteiger partial charge in [0.15, 0.2) is 0 Å². The molecule has 11 aromatic rings. The van der Waals surface area contributed by atoms with Gasteiger partial charge in [0.05, 0.1) is 11.1 Å². The molecular formula is C57H37NS. The Morgan fingerprint density at radius 2 is 0.898 bits per heavy atom. The summed E-state index contributed by atoms with van der Waals surface area (Å²) in [6, 6.07) is 83.0. The first-order valence-corrected chi connectivity index (χ1v) is 21.2. The molecule has 12 rings (SSSR count). The van der Waals surface area contributed by atoms with Crippen molar-refractivity contribution in [1.82, 2.24) is 0 Å². The first-order chi connectivity index (χ1) is 29.3. The molecule has 1 aliphatic rings. The van der Waals surface area contributed by atoms with Gasteiger partial charge in [0.1, 0.15) is 0 Å². The maximum absolute atomic E-state index is 2.47. The summed E-state index contributed by atoms with van der Waals surface area (Å²) in [5.74, 6) is 0. The average Bonchev–Trinajstić information content (AvgIpc) is 3.84. The summed E-state index contributed by atoms with van der Waals surface area (Å²) in [4.78, 5) is 2.47. The van der Waals surface area contributed by atoms with Gasteiger partial charge in [0.25, 0.3) is 0 Å². The molecule has 276 valence electrons. The Kier molecular flexibility index (Phi) is 7.69. The number of rotatable bonds is 6. The summed E-state index contributed by atoms with van der Waals surface area (Å²) in [6.45, 7) is 0. The fraction of sp³-hybridized carbons (Fsp3) is 0.0175. The van der Waals surface area contributed by atoms with Crippen molar-refractivity contribution in [3.05, 3.63) is 247 Å². The van der Waals surface area contributed by atoms with E-state index in [1.165, 1.54) is 86.2 Å². The molecule has 0 saturated carbocycles. The molecule has 0 spiro atoms. The third-order valence-electron chi connectivity index (χ3n) is 12.5. The molecule has 0 atom stereocenters. The van der Waals surface area contributed by atoms with Gasteiger partial charge in [-0.25, -0.2) is 0 Å². The third-order valence-corrected chi connectivity index (χ3v) is 13.7. The lowest BCUT2D eigenvalue weighted by Gasteiger charge is -2.34. The average molecular weight is 768 g/mol. The van der Waals surface area contributed by atoms with Crippen molar-refractivity contribution in [2.45, 2.75) is 5.41 Å². The smallest absolute Gasteiger partial charge is 0.0713 e. The molecule has 1 aromatic heterocycles. The van der Waals surface area contributed by atoms with Crippen LogP contribution in [0.3, 0.4) is 0 Å². The summed E-state index contributed by atoms with van der Waals surface area (Å²) in [7, 11) is 0. The normalized spacial score (nSPS) is 12.9. The van der Waals surface area contributed by atoms with Crippen LogP contribution in [0, 0.1) is 0 Å². The molecule has 10 aromatic carbocycles. The quantitative estimate of drug-likeness (QED) is 0.152. The number of fused-ring (bicyclic) bond motifs is 10. The highest BCUT2D eigenvalue weighted by atomic mass is 32.1. The van der Waals surface area contributed by atoms with Crippen molar-refractivity contribution < 1.29 is 0 Å². The molecular weight excluding hydrogens is 731 g/mol. The van der Waals surface area contributed by atoms with Crippen LogP contribution < -0.4 is 4.90 Å². The molecule has 1 aliphatic carbocycles. The lowest BCUT2D eigenvalue weighted by Crippen LogP contribution is -2.28. The van der Waals surface area contributed by atoms with Crippen LogP contribution in [0.5, 0.6) is 0 Å². The van der Waals surface area contributed by atoms with Gasteiger partial charge in [-0.3, -0.25) is 0 Å². The van der Waals surface area contributed by atoms with Crippen LogP contribution in [0.15, 0.2) is 224 Å². The third kappa shape index (κ3) is 5.10. The highest BCUT2D eigenvalue weighted by molar-refractivity contribution is 7.26. The van der Waals surface area contributed by atoms with E-state index in [1.807, 2.05) is 11.3 Å². The Hall–Kier alpha value is -7.26. The van der Waals surface area contributed by atoms with Gasteiger partial charge in [0.2, 0.25) is 0 Å². The van der Waals surface area contributed by atoms with Crippen LogP contribution in [0.25, 0.3) is 64.0 Å². The second-order valence-corrected chi connectivity index (χ2v) is 16.6. The second-order valence-electron chi connectivity index (χ2n) is 15.6. The number of hydrogen-bond donors (Lipinski definition) is 0. The van der Waals surface area contributed by atoms with Crippen LogP contribution in [0.1, 0.15) is 22.3 Å². The zero-order valence-corrected chi connectivity index (χ0v) is 33.0. The van der Waals surface area contributed by atoms with Gasteiger partial charge in [-0.1, -0.05) is 188 Å². The summed E-state index contributed by atoms with van der Waals surface area (Å²) in [5, 5.41) is 7.67. The maximum Gasteiger partial charge on any atom is 0.0713 e. The highest BCUT2D eigenvalue weighted by Gasteiger charge is 2.45. The molecule has 0 saturated heterocycles. The lowest BCUT2D eigenvalue weighted by atomic mass is 9.68. The molecule has 0 N–H and O–H groups in total. The first-order valence-electron chi connectivity index (χ1n) is 20.3. The number of benzene rings is 10. The van der Waals surface area contributed by atoms with Gasteiger partial charge >= 0.3 is 0 Å². The monoisotopic (exact) mass is 767 g/mol.